The van der Waals surface area contributed by atoms with Crippen molar-refractivity contribution in [3.8, 4) is 11.1 Å². The molecule has 1 saturated heterocycles. The van der Waals surface area contributed by atoms with Gasteiger partial charge < -0.3 is 10.2 Å². The molecule has 0 bridgehead atoms. The van der Waals surface area contributed by atoms with Gasteiger partial charge in [0.2, 0.25) is 0 Å². The standard InChI is InChI=1S/C18H20FNO2/c19-16-4-2-1-3-15(16)14-7-5-13(6-8-14)11-20-10-9-17(21)18(22)12-20/h1-8,17-18,21-22H,9-12H2/t17-,18-/m0/s1. The van der Waals surface area contributed by atoms with Gasteiger partial charge in [0, 0.05) is 25.2 Å². The Morgan fingerprint density at radius 1 is 1.00 bits per heavy atom. The smallest absolute Gasteiger partial charge is 0.131 e. The number of hydrogen-bond donors (Lipinski definition) is 2. The molecular weight excluding hydrogens is 281 g/mol. The quantitative estimate of drug-likeness (QED) is 0.915. The van der Waals surface area contributed by atoms with Crippen LogP contribution in [0.15, 0.2) is 48.5 Å². The number of halogens is 1. The van der Waals surface area contributed by atoms with Gasteiger partial charge in [-0.15, -0.1) is 0 Å². The van der Waals surface area contributed by atoms with Gasteiger partial charge in [-0.2, -0.15) is 0 Å². The highest BCUT2D eigenvalue weighted by molar-refractivity contribution is 5.64. The molecule has 0 spiro atoms. The maximum Gasteiger partial charge on any atom is 0.131 e. The molecule has 0 aromatic heterocycles. The fraction of sp³-hybridized carbons (Fsp3) is 0.333. The van der Waals surface area contributed by atoms with Crippen molar-refractivity contribution in [3.05, 3.63) is 59.9 Å². The summed E-state index contributed by atoms with van der Waals surface area (Å²) in [7, 11) is 0. The van der Waals surface area contributed by atoms with Crippen molar-refractivity contribution in [3.63, 3.8) is 0 Å². The maximum atomic E-state index is 13.8. The molecule has 4 heteroatoms. The molecule has 3 rings (SSSR count). The van der Waals surface area contributed by atoms with E-state index in [1.165, 1.54) is 6.07 Å². The summed E-state index contributed by atoms with van der Waals surface area (Å²) >= 11 is 0. The van der Waals surface area contributed by atoms with E-state index in [0.717, 1.165) is 24.2 Å². The van der Waals surface area contributed by atoms with Crippen LogP contribution in [0.5, 0.6) is 0 Å². The van der Waals surface area contributed by atoms with E-state index in [0.29, 0.717) is 18.5 Å². The topological polar surface area (TPSA) is 43.7 Å². The number of β-amino-alcohol motifs (C(OH)–C–C–N with tert-alkyl or cyclic N) is 1. The summed E-state index contributed by atoms with van der Waals surface area (Å²) in [6, 6.07) is 14.6. The van der Waals surface area contributed by atoms with Crippen molar-refractivity contribution in [1.82, 2.24) is 4.90 Å². The number of nitrogens with zero attached hydrogens (tertiary/aromatic N) is 1. The molecule has 1 aliphatic rings. The molecule has 2 N–H and O–H groups in total. The summed E-state index contributed by atoms with van der Waals surface area (Å²) in [5.74, 6) is -0.219. The van der Waals surface area contributed by atoms with Gasteiger partial charge in [0.25, 0.3) is 0 Å². The van der Waals surface area contributed by atoms with E-state index in [4.69, 9.17) is 0 Å². The van der Waals surface area contributed by atoms with Crippen LogP contribution in [0.3, 0.4) is 0 Å². The van der Waals surface area contributed by atoms with Crippen molar-refractivity contribution in [2.24, 2.45) is 0 Å². The minimum atomic E-state index is -0.675. The third kappa shape index (κ3) is 3.35. The zero-order chi connectivity index (χ0) is 15.5. The van der Waals surface area contributed by atoms with Crippen LogP contribution in [-0.2, 0) is 6.54 Å². The van der Waals surface area contributed by atoms with Gasteiger partial charge in [-0.05, 0) is 23.6 Å². The maximum absolute atomic E-state index is 13.8. The number of piperidine rings is 1. The molecular formula is C18H20FNO2. The first-order valence-corrected chi connectivity index (χ1v) is 7.56. The molecule has 1 fully saturated rings. The average molecular weight is 301 g/mol. The fourth-order valence-corrected chi connectivity index (χ4v) is 2.87. The van der Waals surface area contributed by atoms with Crippen LogP contribution in [0.2, 0.25) is 0 Å². The van der Waals surface area contributed by atoms with E-state index in [2.05, 4.69) is 4.90 Å². The van der Waals surface area contributed by atoms with Crippen LogP contribution >= 0.6 is 0 Å². The lowest BCUT2D eigenvalue weighted by Crippen LogP contribution is -2.46. The molecule has 0 amide bonds. The number of aliphatic hydroxyl groups excluding tert-OH is 2. The van der Waals surface area contributed by atoms with E-state index in [1.807, 2.05) is 30.3 Å². The molecule has 0 aliphatic carbocycles. The Morgan fingerprint density at radius 2 is 1.73 bits per heavy atom. The van der Waals surface area contributed by atoms with Crippen LogP contribution in [0, 0.1) is 5.82 Å². The number of likely N-dealkylation sites (tertiary alicyclic amines) is 1. The van der Waals surface area contributed by atoms with Crippen molar-refractivity contribution < 1.29 is 14.6 Å². The third-order valence-electron chi connectivity index (χ3n) is 4.18. The number of rotatable bonds is 3. The van der Waals surface area contributed by atoms with Crippen LogP contribution in [0.4, 0.5) is 4.39 Å². The second-order valence-corrected chi connectivity index (χ2v) is 5.84. The first-order chi connectivity index (χ1) is 10.6. The van der Waals surface area contributed by atoms with Gasteiger partial charge in [0.15, 0.2) is 0 Å². The van der Waals surface area contributed by atoms with Gasteiger partial charge in [0.05, 0.1) is 12.2 Å². The van der Waals surface area contributed by atoms with Gasteiger partial charge >= 0.3 is 0 Å². The minimum Gasteiger partial charge on any atom is -0.390 e. The van der Waals surface area contributed by atoms with E-state index >= 15 is 0 Å². The summed E-state index contributed by atoms with van der Waals surface area (Å²) in [5.41, 5.74) is 2.57. The molecule has 116 valence electrons. The first-order valence-electron chi connectivity index (χ1n) is 7.56. The van der Waals surface area contributed by atoms with E-state index in [-0.39, 0.29) is 5.82 Å². The molecule has 22 heavy (non-hydrogen) atoms. The minimum absolute atomic E-state index is 0.219. The van der Waals surface area contributed by atoms with Crippen LogP contribution < -0.4 is 0 Å². The summed E-state index contributed by atoms with van der Waals surface area (Å²) < 4.78 is 13.8. The largest absolute Gasteiger partial charge is 0.390 e. The highest BCUT2D eigenvalue weighted by Crippen LogP contribution is 2.23. The summed E-state index contributed by atoms with van der Waals surface area (Å²) in [5, 5.41) is 19.3. The van der Waals surface area contributed by atoms with Crippen molar-refractivity contribution in [1.29, 1.82) is 0 Å². The molecule has 1 aliphatic heterocycles. The second kappa shape index (κ2) is 6.57. The SMILES string of the molecule is O[C@H]1CCN(Cc2ccc(-c3ccccc3F)cc2)C[C@@H]1O. The Bertz CT molecular complexity index is 629. The van der Waals surface area contributed by atoms with Crippen LogP contribution in [0.25, 0.3) is 11.1 Å². The second-order valence-electron chi connectivity index (χ2n) is 5.84. The molecule has 1 heterocycles. The molecule has 3 nitrogen and oxygen atoms in total. The molecule has 2 atom stereocenters. The van der Waals surface area contributed by atoms with Crippen LogP contribution in [0.1, 0.15) is 12.0 Å². The normalized spacial score (nSPS) is 22.7. The van der Waals surface area contributed by atoms with Crippen molar-refractivity contribution >= 4 is 0 Å². The predicted molar refractivity (Wildman–Crippen MR) is 83.7 cm³/mol. The van der Waals surface area contributed by atoms with Crippen molar-refractivity contribution in [2.45, 2.75) is 25.2 Å². The average Bonchev–Trinajstić information content (AvgIpc) is 2.52. The lowest BCUT2D eigenvalue weighted by molar-refractivity contribution is -0.0403. The Labute approximate surface area is 129 Å². The molecule has 0 unspecified atom stereocenters. The fourth-order valence-electron chi connectivity index (χ4n) is 2.87. The van der Waals surface area contributed by atoms with Crippen molar-refractivity contribution in [2.75, 3.05) is 13.1 Å². The summed E-state index contributed by atoms with van der Waals surface area (Å²) in [4.78, 5) is 2.12. The number of aliphatic hydroxyl groups is 2. The van der Waals surface area contributed by atoms with Gasteiger partial charge in [-0.3, -0.25) is 4.90 Å². The van der Waals surface area contributed by atoms with Crippen LogP contribution in [-0.4, -0.2) is 40.4 Å². The molecule has 0 saturated carbocycles. The Balaban J connectivity index is 1.69. The Hall–Kier alpha value is -1.75. The summed E-state index contributed by atoms with van der Waals surface area (Å²) in [6.07, 6.45) is -0.694. The zero-order valence-electron chi connectivity index (χ0n) is 12.3. The monoisotopic (exact) mass is 301 g/mol. The lowest BCUT2D eigenvalue weighted by Gasteiger charge is -2.33. The summed E-state index contributed by atoms with van der Waals surface area (Å²) in [6.45, 7) is 1.98. The Kier molecular flexibility index (Phi) is 4.52. The lowest BCUT2D eigenvalue weighted by atomic mass is 10.0. The first kappa shape index (κ1) is 15.2. The van der Waals surface area contributed by atoms with E-state index < -0.39 is 12.2 Å². The van der Waals surface area contributed by atoms with E-state index in [9.17, 15) is 14.6 Å². The highest BCUT2D eigenvalue weighted by atomic mass is 19.1. The molecule has 2 aromatic rings. The highest BCUT2D eigenvalue weighted by Gasteiger charge is 2.25. The Morgan fingerprint density at radius 3 is 2.41 bits per heavy atom. The number of benzene rings is 2. The predicted octanol–water partition coefficient (Wildman–Crippen LogP) is 2.42. The molecule has 0 radical (unpaired) electrons. The van der Waals surface area contributed by atoms with E-state index in [1.54, 1.807) is 12.1 Å². The van der Waals surface area contributed by atoms with Gasteiger partial charge in [0.1, 0.15) is 5.82 Å². The number of hydrogen-bond acceptors (Lipinski definition) is 3. The van der Waals surface area contributed by atoms with Gasteiger partial charge in [-0.25, -0.2) is 4.39 Å². The third-order valence-corrected chi connectivity index (χ3v) is 4.18. The zero-order valence-corrected chi connectivity index (χ0v) is 12.3. The van der Waals surface area contributed by atoms with Gasteiger partial charge in [-0.1, -0.05) is 42.5 Å². The molecule has 2 aromatic carbocycles.